The SMILES string of the molecule is Cc1nc2ccccc2n1-c1ccc(C(=O)N(C)C2CCCN(C3CCCC3)C2)cc1. The van der Waals surface area contributed by atoms with E-state index in [0.29, 0.717) is 6.04 Å². The molecule has 0 radical (unpaired) electrons. The van der Waals surface area contributed by atoms with Crippen molar-refractivity contribution < 1.29 is 4.79 Å². The normalized spacial score (nSPS) is 20.4. The molecular formula is C26H32N4O. The molecule has 0 bridgehead atoms. The van der Waals surface area contributed by atoms with Crippen LogP contribution in [0.2, 0.25) is 0 Å². The molecule has 31 heavy (non-hydrogen) atoms. The van der Waals surface area contributed by atoms with Gasteiger partial charge in [0.15, 0.2) is 0 Å². The minimum absolute atomic E-state index is 0.122. The van der Waals surface area contributed by atoms with Crippen LogP contribution in [0, 0.1) is 6.92 Å². The molecule has 5 rings (SSSR count). The second-order valence-corrected chi connectivity index (χ2v) is 9.18. The average Bonchev–Trinajstić information content (AvgIpc) is 3.46. The van der Waals surface area contributed by atoms with Gasteiger partial charge in [0.1, 0.15) is 5.82 Å². The largest absolute Gasteiger partial charge is 0.337 e. The molecule has 0 spiro atoms. The highest BCUT2D eigenvalue weighted by Gasteiger charge is 2.31. The smallest absolute Gasteiger partial charge is 0.253 e. The van der Waals surface area contributed by atoms with E-state index in [1.54, 1.807) is 0 Å². The number of fused-ring (bicyclic) bond motifs is 1. The van der Waals surface area contributed by atoms with Crippen LogP contribution in [-0.2, 0) is 0 Å². The number of benzene rings is 2. The maximum Gasteiger partial charge on any atom is 0.253 e. The lowest BCUT2D eigenvalue weighted by Gasteiger charge is -2.40. The summed E-state index contributed by atoms with van der Waals surface area (Å²) < 4.78 is 2.15. The Hall–Kier alpha value is -2.66. The van der Waals surface area contributed by atoms with Crippen molar-refractivity contribution in [3.8, 4) is 5.69 Å². The Morgan fingerprint density at radius 2 is 1.74 bits per heavy atom. The number of hydrogen-bond acceptors (Lipinski definition) is 3. The number of nitrogens with zero attached hydrogens (tertiary/aromatic N) is 4. The molecular weight excluding hydrogens is 384 g/mol. The number of aryl methyl sites for hydroxylation is 1. The molecule has 5 nitrogen and oxygen atoms in total. The van der Waals surface area contributed by atoms with Gasteiger partial charge in [-0.3, -0.25) is 14.3 Å². The Labute approximate surface area is 184 Å². The van der Waals surface area contributed by atoms with Crippen LogP contribution in [-0.4, -0.2) is 57.5 Å². The molecule has 1 saturated heterocycles. The second kappa shape index (κ2) is 8.46. The van der Waals surface area contributed by atoms with E-state index in [9.17, 15) is 4.79 Å². The summed E-state index contributed by atoms with van der Waals surface area (Å²) in [5, 5.41) is 0. The lowest BCUT2D eigenvalue weighted by atomic mass is 10.0. The molecule has 2 aromatic carbocycles. The van der Waals surface area contributed by atoms with Gasteiger partial charge in [0.05, 0.1) is 11.0 Å². The first kappa shape index (κ1) is 20.3. The van der Waals surface area contributed by atoms with Crippen LogP contribution < -0.4 is 0 Å². The summed E-state index contributed by atoms with van der Waals surface area (Å²) in [4.78, 5) is 22.5. The summed E-state index contributed by atoms with van der Waals surface area (Å²) in [6, 6.07) is 17.2. The number of likely N-dealkylation sites (N-methyl/N-ethyl adjacent to an activating group) is 1. The van der Waals surface area contributed by atoms with Crippen molar-refractivity contribution >= 4 is 16.9 Å². The topological polar surface area (TPSA) is 41.4 Å². The number of carbonyl (C=O) groups is 1. The highest BCUT2D eigenvalue weighted by atomic mass is 16.2. The van der Waals surface area contributed by atoms with Crippen LogP contribution in [0.5, 0.6) is 0 Å². The van der Waals surface area contributed by atoms with Crippen LogP contribution in [0.25, 0.3) is 16.7 Å². The number of likely N-dealkylation sites (tertiary alicyclic amines) is 1. The number of para-hydroxylation sites is 2. The first-order valence-corrected chi connectivity index (χ1v) is 11.7. The molecule has 1 atom stereocenters. The van der Waals surface area contributed by atoms with Crippen molar-refractivity contribution in [2.24, 2.45) is 0 Å². The van der Waals surface area contributed by atoms with E-state index in [1.165, 1.54) is 38.6 Å². The maximum atomic E-state index is 13.2. The summed E-state index contributed by atoms with van der Waals surface area (Å²) >= 11 is 0. The Morgan fingerprint density at radius 3 is 2.52 bits per heavy atom. The molecule has 162 valence electrons. The number of rotatable bonds is 4. The monoisotopic (exact) mass is 416 g/mol. The predicted octanol–water partition coefficient (Wildman–Crippen LogP) is 4.81. The number of carbonyl (C=O) groups excluding carboxylic acids is 1. The van der Waals surface area contributed by atoms with Gasteiger partial charge in [-0.1, -0.05) is 25.0 Å². The van der Waals surface area contributed by atoms with E-state index in [0.717, 1.165) is 47.1 Å². The second-order valence-electron chi connectivity index (χ2n) is 9.18. The van der Waals surface area contributed by atoms with E-state index >= 15 is 0 Å². The summed E-state index contributed by atoms with van der Waals surface area (Å²) in [7, 11) is 1.98. The lowest BCUT2D eigenvalue weighted by molar-refractivity contribution is 0.0552. The summed E-state index contributed by atoms with van der Waals surface area (Å²) in [6.45, 7) is 4.23. The highest BCUT2D eigenvalue weighted by molar-refractivity contribution is 5.94. The Bertz CT molecular complexity index is 1060. The summed E-state index contributed by atoms with van der Waals surface area (Å²) in [5.74, 6) is 1.07. The molecule has 1 saturated carbocycles. The third-order valence-corrected chi connectivity index (χ3v) is 7.24. The molecule has 3 aromatic rings. The number of amides is 1. The lowest BCUT2D eigenvalue weighted by Crippen LogP contribution is -2.51. The van der Waals surface area contributed by atoms with Gasteiger partial charge < -0.3 is 4.90 Å². The van der Waals surface area contributed by atoms with Crippen LogP contribution in [0.15, 0.2) is 48.5 Å². The number of imidazole rings is 1. The molecule has 5 heteroatoms. The fourth-order valence-electron chi connectivity index (χ4n) is 5.50. The van der Waals surface area contributed by atoms with Gasteiger partial charge in [-0.25, -0.2) is 4.98 Å². The first-order chi connectivity index (χ1) is 15.1. The fraction of sp³-hybridized carbons (Fsp3) is 0.462. The molecule has 2 aliphatic rings. The predicted molar refractivity (Wildman–Crippen MR) is 125 cm³/mol. The molecule has 2 fully saturated rings. The van der Waals surface area contributed by atoms with Gasteiger partial charge >= 0.3 is 0 Å². The summed E-state index contributed by atoms with van der Waals surface area (Å²) in [5.41, 5.74) is 3.87. The number of aromatic nitrogens is 2. The van der Waals surface area contributed by atoms with Crippen LogP contribution in [0.3, 0.4) is 0 Å². The minimum Gasteiger partial charge on any atom is -0.337 e. The third-order valence-electron chi connectivity index (χ3n) is 7.24. The van der Waals surface area contributed by atoms with E-state index in [-0.39, 0.29) is 5.91 Å². The Kier molecular flexibility index (Phi) is 5.53. The van der Waals surface area contributed by atoms with E-state index in [2.05, 4.69) is 20.5 Å². The first-order valence-electron chi connectivity index (χ1n) is 11.7. The average molecular weight is 417 g/mol. The molecule has 1 aliphatic carbocycles. The van der Waals surface area contributed by atoms with Crippen LogP contribution in [0.1, 0.15) is 54.7 Å². The Balaban J connectivity index is 1.32. The molecule has 0 N–H and O–H groups in total. The zero-order valence-electron chi connectivity index (χ0n) is 18.6. The number of hydrogen-bond donors (Lipinski definition) is 0. The van der Waals surface area contributed by atoms with Gasteiger partial charge in [0.2, 0.25) is 0 Å². The number of piperidine rings is 1. The van der Waals surface area contributed by atoms with Gasteiger partial charge in [-0.15, -0.1) is 0 Å². The maximum absolute atomic E-state index is 13.2. The quantitative estimate of drug-likeness (QED) is 0.613. The van der Waals surface area contributed by atoms with Crippen molar-refractivity contribution in [3.05, 3.63) is 59.9 Å². The third kappa shape index (κ3) is 3.87. The van der Waals surface area contributed by atoms with E-state index in [4.69, 9.17) is 0 Å². The Morgan fingerprint density at radius 1 is 1.00 bits per heavy atom. The van der Waals surface area contributed by atoms with Gasteiger partial charge in [0.25, 0.3) is 5.91 Å². The molecule has 1 unspecified atom stereocenters. The van der Waals surface area contributed by atoms with Crippen molar-refractivity contribution in [1.82, 2.24) is 19.4 Å². The van der Waals surface area contributed by atoms with E-state index < -0.39 is 0 Å². The molecule has 1 amide bonds. The van der Waals surface area contributed by atoms with Crippen LogP contribution >= 0.6 is 0 Å². The summed E-state index contributed by atoms with van der Waals surface area (Å²) in [6.07, 6.45) is 7.66. The van der Waals surface area contributed by atoms with Gasteiger partial charge in [0, 0.05) is 36.9 Å². The minimum atomic E-state index is 0.122. The molecule has 1 aromatic heterocycles. The zero-order valence-corrected chi connectivity index (χ0v) is 18.6. The van der Waals surface area contributed by atoms with Crippen molar-refractivity contribution in [2.45, 2.75) is 57.5 Å². The highest BCUT2D eigenvalue weighted by Crippen LogP contribution is 2.28. The van der Waals surface area contributed by atoms with Crippen molar-refractivity contribution in [2.75, 3.05) is 20.1 Å². The van der Waals surface area contributed by atoms with Gasteiger partial charge in [-0.2, -0.15) is 0 Å². The zero-order chi connectivity index (χ0) is 21.4. The van der Waals surface area contributed by atoms with Gasteiger partial charge in [-0.05, 0) is 75.5 Å². The van der Waals surface area contributed by atoms with Crippen molar-refractivity contribution in [3.63, 3.8) is 0 Å². The van der Waals surface area contributed by atoms with E-state index in [1.807, 2.05) is 61.3 Å². The van der Waals surface area contributed by atoms with Crippen molar-refractivity contribution in [1.29, 1.82) is 0 Å². The fourth-order valence-corrected chi connectivity index (χ4v) is 5.50. The molecule has 2 heterocycles. The van der Waals surface area contributed by atoms with Crippen LogP contribution in [0.4, 0.5) is 0 Å². The molecule has 1 aliphatic heterocycles. The standard InChI is InChI=1S/C26H32N4O/c1-19-27-24-11-5-6-12-25(24)30(19)22-15-13-20(14-16-22)26(31)28(2)23-10-7-17-29(18-23)21-8-3-4-9-21/h5-6,11-16,21,23H,3-4,7-10,17-18H2,1-2H3.